The molecule has 22 heavy (non-hydrogen) atoms. The monoisotopic (exact) mass is 308 g/mol. The molecule has 124 valence electrons. The molecule has 0 saturated heterocycles. The normalized spacial score (nSPS) is 11.3. The molecule has 0 radical (unpaired) electrons. The van der Waals surface area contributed by atoms with Crippen LogP contribution in [0.4, 0.5) is 4.79 Å². The number of nitrogens with zero attached hydrogens (tertiary/aromatic N) is 1. The van der Waals surface area contributed by atoms with Gasteiger partial charge < -0.3 is 11.1 Å². The lowest BCUT2D eigenvalue weighted by atomic mass is 10.1. The Hall–Kier alpha value is -2.03. The second kappa shape index (κ2) is 12.7. The largest absolute Gasteiger partial charge is 0.387 e. The lowest BCUT2D eigenvalue weighted by Crippen LogP contribution is -2.36. The van der Waals surface area contributed by atoms with Crippen LogP contribution in [0.3, 0.4) is 0 Å². The number of nitrogens with two attached hydrogens (primary N) is 1. The highest BCUT2D eigenvalue weighted by molar-refractivity contribution is 6.06. The van der Waals surface area contributed by atoms with Gasteiger partial charge in [-0.2, -0.15) is 5.26 Å². The van der Waals surface area contributed by atoms with Crippen LogP contribution in [-0.2, 0) is 4.79 Å². The summed E-state index contributed by atoms with van der Waals surface area (Å²) in [6.45, 7) is 4.56. The Morgan fingerprint density at radius 3 is 2.09 bits per heavy atom. The SMILES string of the molecule is CCCCCCCCCCN/C(C)=C(\C#N)C(=O)NC(N)=O. The molecule has 0 aromatic heterocycles. The molecule has 0 aromatic rings. The molecule has 6 nitrogen and oxygen atoms in total. The van der Waals surface area contributed by atoms with E-state index in [1.807, 2.05) is 5.32 Å². The smallest absolute Gasteiger partial charge is 0.319 e. The molecule has 3 amide bonds. The van der Waals surface area contributed by atoms with Crippen LogP contribution >= 0.6 is 0 Å². The average molecular weight is 308 g/mol. The van der Waals surface area contributed by atoms with Crippen molar-refractivity contribution in [3.05, 3.63) is 11.3 Å². The van der Waals surface area contributed by atoms with Crippen molar-refractivity contribution in [3.8, 4) is 6.07 Å². The van der Waals surface area contributed by atoms with E-state index in [0.717, 1.165) is 12.8 Å². The predicted molar refractivity (Wildman–Crippen MR) is 86.7 cm³/mol. The molecule has 0 unspecified atom stereocenters. The van der Waals surface area contributed by atoms with Crippen LogP contribution in [0.15, 0.2) is 11.3 Å². The van der Waals surface area contributed by atoms with E-state index in [1.165, 1.54) is 38.5 Å². The number of allylic oxidation sites excluding steroid dienone is 1. The number of nitrogens with one attached hydrogen (secondary N) is 2. The van der Waals surface area contributed by atoms with Gasteiger partial charge in [0, 0.05) is 12.2 Å². The van der Waals surface area contributed by atoms with E-state index in [9.17, 15) is 9.59 Å². The fraction of sp³-hybridized carbons (Fsp3) is 0.688. The summed E-state index contributed by atoms with van der Waals surface area (Å²) in [5, 5.41) is 13.9. The van der Waals surface area contributed by atoms with Gasteiger partial charge >= 0.3 is 6.03 Å². The van der Waals surface area contributed by atoms with Crippen LogP contribution < -0.4 is 16.4 Å². The van der Waals surface area contributed by atoms with Gasteiger partial charge in [0.2, 0.25) is 0 Å². The van der Waals surface area contributed by atoms with E-state index in [-0.39, 0.29) is 5.57 Å². The Morgan fingerprint density at radius 2 is 1.59 bits per heavy atom. The molecule has 0 aromatic carbocycles. The van der Waals surface area contributed by atoms with Crippen LogP contribution in [0.5, 0.6) is 0 Å². The molecule has 6 heteroatoms. The zero-order valence-electron chi connectivity index (χ0n) is 13.7. The highest BCUT2D eigenvalue weighted by atomic mass is 16.2. The molecular formula is C16H28N4O2. The van der Waals surface area contributed by atoms with Gasteiger partial charge in [0.25, 0.3) is 5.91 Å². The third-order valence-electron chi connectivity index (χ3n) is 3.37. The molecule has 0 spiro atoms. The van der Waals surface area contributed by atoms with E-state index in [4.69, 9.17) is 11.0 Å². The maximum absolute atomic E-state index is 11.6. The summed E-state index contributed by atoms with van der Waals surface area (Å²) in [4.78, 5) is 22.2. The van der Waals surface area contributed by atoms with Crippen molar-refractivity contribution in [2.45, 2.75) is 65.2 Å². The Bertz CT molecular complexity index is 424. The first-order valence-electron chi connectivity index (χ1n) is 7.98. The van der Waals surface area contributed by atoms with Crippen molar-refractivity contribution in [1.29, 1.82) is 5.26 Å². The lowest BCUT2D eigenvalue weighted by molar-refractivity contribution is -0.116. The zero-order chi connectivity index (χ0) is 16.8. The van der Waals surface area contributed by atoms with Gasteiger partial charge in [-0.25, -0.2) is 4.79 Å². The molecule has 0 saturated carbocycles. The Kier molecular flexibility index (Phi) is 11.5. The lowest BCUT2D eigenvalue weighted by Gasteiger charge is -2.08. The first-order chi connectivity index (χ1) is 10.5. The molecule has 0 rings (SSSR count). The second-order valence-corrected chi connectivity index (χ2v) is 5.33. The molecule has 0 aliphatic carbocycles. The number of rotatable bonds is 11. The minimum atomic E-state index is -0.964. The molecular weight excluding hydrogens is 280 g/mol. The summed E-state index contributed by atoms with van der Waals surface area (Å²) < 4.78 is 0. The van der Waals surface area contributed by atoms with Crippen LogP contribution in [0, 0.1) is 11.3 Å². The summed E-state index contributed by atoms with van der Waals surface area (Å²) in [5.41, 5.74) is 5.21. The number of hydrogen-bond acceptors (Lipinski definition) is 4. The van der Waals surface area contributed by atoms with Crippen molar-refractivity contribution in [2.24, 2.45) is 5.73 Å². The fourth-order valence-corrected chi connectivity index (χ4v) is 2.10. The summed E-state index contributed by atoms with van der Waals surface area (Å²) in [7, 11) is 0. The van der Waals surface area contributed by atoms with Gasteiger partial charge in [0.1, 0.15) is 11.6 Å². The molecule has 0 fully saturated rings. The molecule has 0 heterocycles. The van der Waals surface area contributed by atoms with E-state index >= 15 is 0 Å². The molecule has 0 atom stereocenters. The maximum Gasteiger partial charge on any atom is 0.319 e. The molecule has 0 aliphatic heterocycles. The summed E-state index contributed by atoms with van der Waals surface area (Å²) in [5.74, 6) is -0.768. The summed E-state index contributed by atoms with van der Waals surface area (Å²) in [6.07, 6.45) is 9.78. The van der Waals surface area contributed by atoms with Crippen molar-refractivity contribution >= 4 is 11.9 Å². The zero-order valence-corrected chi connectivity index (χ0v) is 13.7. The van der Waals surface area contributed by atoms with Crippen molar-refractivity contribution < 1.29 is 9.59 Å². The third-order valence-corrected chi connectivity index (χ3v) is 3.37. The van der Waals surface area contributed by atoms with Crippen LogP contribution in [-0.4, -0.2) is 18.5 Å². The minimum absolute atomic E-state index is 0.113. The molecule has 0 bridgehead atoms. The van der Waals surface area contributed by atoms with E-state index in [1.54, 1.807) is 13.0 Å². The third kappa shape index (κ3) is 9.81. The first kappa shape index (κ1) is 20.0. The standard InChI is InChI=1S/C16H28N4O2/c1-3-4-5-6-7-8-9-10-11-19-13(2)14(12-17)15(21)20-16(18)22/h19H,3-11H2,1-2H3,(H3,18,20,21,22)/b14-13+. The molecule has 0 aliphatic rings. The highest BCUT2D eigenvalue weighted by Gasteiger charge is 2.13. The maximum atomic E-state index is 11.6. The van der Waals surface area contributed by atoms with Crippen molar-refractivity contribution in [2.75, 3.05) is 6.54 Å². The number of unbranched alkanes of at least 4 members (excludes halogenated alkanes) is 7. The number of primary amides is 1. The first-order valence-corrected chi connectivity index (χ1v) is 7.98. The van der Waals surface area contributed by atoms with Gasteiger partial charge in [-0.3, -0.25) is 10.1 Å². The van der Waals surface area contributed by atoms with Gasteiger partial charge in [-0.15, -0.1) is 0 Å². The van der Waals surface area contributed by atoms with Gasteiger partial charge in [0.05, 0.1) is 0 Å². The van der Waals surface area contributed by atoms with Gasteiger partial charge in [-0.1, -0.05) is 51.9 Å². The summed E-state index contributed by atoms with van der Waals surface area (Å²) in [6, 6.07) is 0.821. The van der Waals surface area contributed by atoms with Gasteiger partial charge in [-0.05, 0) is 13.3 Å². The average Bonchev–Trinajstić information content (AvgIpc) is 2.45. The Balaban J connectivity index is 3.92. The van der Waals surface area contributed by atoms with E-state index in [2.05, 4.69) is 12.2 Å². The Labute approximate surface area is 133 Å². The van der Waals surface area contributed by atoms with E-state index in [0.29, 0.717) is 12.2 Å². The van der Waals surface area contributed by atoms with Crippen molar-refractivity contribution in [3.63, 3.8) is 0 Å². The Morgan fingerprint density at radius 1 is 1.05 bits per heavy atom. The van der Waals surface area contributed by atoms with Crippen LogP contribution in [0.1, 0.15) is 65.2 Å². The highest BCUT2D eigenvalue weighted by Crippen LogP contribution is 2.08. The number of carbonyl (C=O) groups is 2. The van der Waals surface area contributed by atoms with Crippen LogP contribution in [0.2, 0.25) is 0 Å². The van der Waals surface area contributed by atoms with Crippen LogP contribution in [0.25, 0.3) is 0 Å². The number of imide groups is 1. The fourth-order valence-electron chi connectivity index (χ4n) is 2.10. The van der Waals surface area contributed by atoms with Gasteiger partial charge in [0.15, 0.2) is 0 Å². The van der Waals surface area contributed by atoms with E-state index < -0.39 is 11.9 Å². The second-order valence-electron chi connectivity index (χ2n) is 5.33. The predicted octanol–water partition coefficient (Wildman–Crippen LogP) is 2.71. The number of amides is 3. The number of nitriles is 1. The van der Waals surface area contributed by atoms with Crippen molar-refractivity contribution in [1.82, 2.24) is 10.6 Å². The quantitative estimate of drug-likeness (QED) is 0.310. The summed E-state index contributed by atoms with van der Waals surface area (Å²) >= 11 is 0. The topological polar surface area (TPSA) is 108 Å². The molecule has 4 N–H and O–H groups in total. The number of hydrogen-bond donors (Lipinski definition) is 3. The minimum Gasteiger partial charge on any atom is -0.387 e. The number of carbonyl (C=O) groups excluding carboxylic acids is 2. The number of urea groups is 1.